The van der Waals surface area contributed by atoms with E-state index >= 15 is 0 Å². The molecule has 0 saturated carbocycles. The molecule has 1 saturated heterocycles. The second-order valence-electron chi connectivity index (χ2n) is 8.07. The molecule has 3 nitrogen and oxygen atoms in total. The molecule has 0 bridgehead atoms. The van der Waals surface area contributed by atoms with E-state index in [4.69, 9.17) is 4.74 Å². The predicted octanol–water partition coefficient (Wildman–Crippen LogP) is 6.12. The minimum atomic E-state index is -4.29. The third kappa shape index (κ3) is 6.28. The lowest BCUT2D eigenvalue weighted by molar-refractivity contribution is -0.137. The molecule has 4 rings (SSSR count). The minimum absolute atomic E-state index is 0. The summed E-state index contributed by atoms with van der Waals surface area (Å²) in [5.74, 6) is 0.897. The van der Waals surface area contributed by atoms with Crippen LogP contribution in [0.3, 0.4) is 0 Å². The summed E-state index contributed by atoms with van der Waals surface area (Å²) in [7, 11) is 1.70. The first-order valence-corrected chi connectivity index (χ1v) is 10.8. The monoisotopic (exact) mass is 476 g/mol. The van der Waals surface area contributed by atoms with Gasteiger partial charge in [-0.15, -0.1) is 12.4 Å². The highest BCUT2D eigenvalue weighted by Gasteiger charge is 2.29. The topological polar surface area (TPSA) is 15.7 Å². The largest absolute Gasteiger partial charge is 0.496 e. The van der Waals surface area contributed by atoms with Crippen molar-refractivity contribution in [3.8, 4) is 5.75 Å². The first-order valence-electron chi connectivity index (χ1n) is 10.8. The quantitative estimate of drug-likeness (QED) is 0.426. The van der Waals surface area contributed by atoms with E-state index in [1.165, 1.54) is 23.1 Å². The molecule has 0 aliphatic carbocycles. The van der Waals surface area contributed by atoms with Crippen LogP contribution in [0.15, 0.2) is 66.7 Å². The third-order valence-electron chi connectivity index (χ3n) is 5.97. The maximum atomic E-state index is 12.7. The molecule has 3 aromatic rings. The van der Waals surface area contributed by atoms with Crippen LogP contribution in [-0.4, -0.2) is 49.6 Å². The average molecular weight is 477 g/mol. The first kappa shape index (κ1) is 25.1. The molecule has 0 aromatic heterocycles. The number of hydrogen-bond acceptors (Lipinski definition) is 3. The standard InChI is InChI=1S/C26H27F3N2O.ClH/c1-32-25-13-10-21(23-6-2-3-7-24(23)25)19-31-17-15-30(16-18-31)14-4-5-20-8-11-22(12-9-20)26(27,28)29;/h2-13H,14-19H2,1H3;1H/b5-4+;. The summed E-state index contributed by atoms with van der Waals surface area (Å²) in [4.78, 5) is 4.83. The number of hydrogen-bond donors (Lipinski definition) is 0. The van der Waals surface area contributed by atoms with Gasteiger partial charge in [0.2, 0.25) is 0 Å². The number of piperazine rings is 1. The molecule has 33 heavy (non-hydrogen) atoms. The van der Waals surface area contributed by atoms with E-state index < -0.39 is 11.7 Å². The van der Waals surface area contributed by atoms with E-state index in [0.717, 1.165) is 68.1 Å². The fourth-order valence-electron chi connectivity index (χ4n) is 4.14. The third-order valence-corrected chi connectivity index (χ3v) is 5.97. The van der Waals surface area contributed by atoms with Gasteiger partial charge in [-0.2, -0.15) is 13.2 Å². The highest BCUT2D eigenvalue weighted by Crippen LogP contribution is 2.30. The van der Waals surface area contributed by atoms with E-state index in [1.54, 1.807) is 7.11 Å². The molecular formula is C26H28ClF3N2O. The zero-order valence-electron chi connectivity index (χ0n) is 18.5. The maximum absolute atomic E-state index is 12.7. The number of alkyl halides is 3. The van der Waals surface area contributed by atoms with Crippen LogP contribution in [0.2, 0.25) is 0 Å². The molecule has 0 amide bonds. The van der Waals surface area contributed by atoms with Gasteiger partial charge in [0.15, 0.2) is 0 Å². The fourth-order valence-corrected chi connectivity index (χ4v) is 4.14. The second-order valence-corrected chi connectivity index (χ2v) is 8.07. The van der Waals surface area contributed by atoms with E-state index in [9.17, 15) is 13.2 Å². The Morgan fingerprint density at radius 1 is 0.848 bits per heavy atom. The molecule has 0 N–H and O–H groups in total. The smallest absolute Gasteiger partial charge is 0.416 e. The van der Waals surface area contributed by atoms with Gasteiger partial charge in [-0.05, 0) is 34.7 Å². The molecule has 1 aliphatic heterocycles. The molecule has 7 heteroatoms. The van der Waals surface area contributed by atoms with Crippen molar-refractivity contribution in [3.05, 3.63) is 83.4 Å². The van der Waals surface area contributed by atoms with Crippen LogP contribution in [0, 0.1) is 0 Å². The van der Waals surface area contributed by atoms with Gasteiger partial charge >= 0.3 is 6.18 Å². The molecule has 1 aliphatic rings. The average Bonchev–Trinajstić information content (AvgIpc) is 2.80. The van der Waals surface area contributed by atoms with Gasteiger partial charge < -0.3 is 4.74 Å². The van der Waals surface area contributed by atoms with Gasteiger partial charge in [-0.1, -0.05) is 54.6 Å². The number of ether oxygens (including phenoxy) is 1. The lowest BCUT2D eigenvalue weighted by Gasteiger charge is -2.34. The molecule has 1 fully saturated rings. The first-order chi connectivity index (χ1) is 15.4. The number of benzene rings is 3. The van der Waals surface area contributed by atoms with Crippen LogP contribution in [0.4, 0.5) is 13.2 Å². The van der Waals surface area contributed by atoms with Gasteiger partial charge in [0.25, 0.3) is 0 Å². The van der Waals surface area contributed by atoms with Crippen LogP contribution >= 0.6 is 12.4 Å². The van der Waals surface area contributed by atoms with E-state index in [1.807, 2.05) is 24.3 Å². The molecule has 0 unspecified atom stereocenters. The Balaban J connectivity index is 0.00000306. The number of fused-ring (bicyclic) bond motifs is 1. The molecule has 0 radical (unpaired) electrons. The number of methoxy groups -OCH3 is 1. The van der Waals surface area contributed by atoms with Crippen LogP contribution in [-0.2, 0) is 12.7 Å². The minimum Gasteiger partial charge on any atom is -0.496 e. The summed E-state index contributed by atoms with van der Waals surface area (Å²) >= 11 is 0. The van der Waals surface area contributed by atoms with Crippen LogP contribution in [0.5, 0.6) is 5.75 Å². The van der Waals surface area contributed by atoms with Crippen molar-refractivity contribution in [1.29, 1.82) is 0 Å². The predicted molar refractivity (Wildman–Crippen MR) is 130 cm³/mol. The van der Waals surface area contributed by atoms with Crippen molar-refractivity contribution in [2.24, 2.45) is 0 Å². The second kappa shape index (κ2) is 11.1. The highest BCUT2D eigenvalue weighted by atomic mass is 35.5. The van der Waals surface area contributed by atoms with E-state index in [-0.39, 0.29) is 12.4 Å². The Hall–Kier alpha value is -2.54. The molecule has 3 aromatic carbocycles. The number of halogens is 4. The molecule has 0 atom stereocenters. The summed E-state index contributed by atoms with van der Waals surface area (Å²) in [6, 6.07) is 17.8. The van der Waals surface area contributed by atoms with Crippen molar-refractivity contribution in [2.75, 3.05) is 39.8 Å². The SMILES string of the molecule is COc1ccc(CN2CCN(C/C=C/c3ccc(C(F)(F)F)cc3)CC2)c2ccccc12.Cl. The van der Waals surface area contributed by atoms with Crippen molar-refractivity contribution < 1.29 is 17.9 Å². The summed E-state index contributed by atoms with van der Waals surface area (Å²) in [6.07, 6.45) is -0.384. The van der Waals surface area contributed by atoms with Crippen LogP contribution in [0.1, 0.15) is 16.7 Å². The van der Waals surface area contributed by atoms with Crippen molar-refractivity contribution in [3.63, 3.8) is 0 Å². The van der Waals surface area contributed by atoms with Crippen LogP contribution in [0.25, 0.3) is 16.8 Å². The van der Waals surface area contributed by atoms with Gasteiger partial charge in [0.1, 0.15) is 5.75 Å². The molecule has 176 valence electrons. The molecule has 1 heterocycles. The van der Waals surface area contributed by atoms with Gasteiger partial charge in [0, 0.05) is 44.7 Å². The number of nitrogens with zero attached hydrogens (tertiary/aromatic N) is 2. The number of rotatable bonds is 6. The van der Waals surface area contributed by atoms with Crippen molar-refractivity contribution in [2.45, 2.75) is 12.7 Å². The van der Waals surface area contributed by atoms with Gasteiger partial charge in [0.05, 0.1) is 12.7 Å². The highest BCUT2D eigenvalue weighted by molar-refractivity contribution is 5.91. The summed E-state index contributed by atoms with van der Waals surface area (Å²) in [6.45, 7) is 5.58. The zero-order chi connectivity index (χ0) is 22.6. The zero-order valence-corrected chi connectivity index (χ0v) is 19.3. The lowest BCUT2D eigenvalue weighted by atomic mass is 10.0. The Labute approximate surface area is 198 Å². The molecule has 0 spiro atoms. The normalized spacial score (nSPS) is 15.6. The Morgan fingerprint density at radius 3 is 2.12 bits per heavy atom. The summed E-state index contributed by atoms with van der Waals surface area (Å²) < 4.78 is 43.5. The van der Waals surface area contributed by atoms with Crippen molar-refractivity contribution in [1.82, 2.24) is 9.80 Å². The maximum Gasteiger partial charge on any atom is 0.416 e. The Morgan fingerprint density at radius 2 is 1.48 bits per heavy atom. The summed E-state index contributed by atoms with van der Waals surface area (Å²) in [5.41, 5.74) is 1.47. The van der Waals surface area contributed by atoms with Crippen molar-refractivity contribution >= 4 is 29.3 Å². The summed E-state index contributed by atoms with van der Waals surface area (Å²) in [5, 5.41) is 2.37. The fraction of sp³-hybridized carbons (Fsp3) is 0.308. The Kier molecular flexibility index (Phi) is 8.40. The molecular weight excluding hydrogens is 449 g/mol. The van der Waals surface area contributed by atoms with Gasteiger partial charge in [-0.3, -0.25) is 9.80 Å². The Bertz CT molecular complexity index is 1080. The van der Waals surface area contributed by atoms with E-state index in [0.29, 0.717) is 0 Å². The van der Waals surface area contributed by atoms with Gasteiger partial charge in [-0.25, -0.2) is 0 Å². The van der Waals surface area contributed by atoms with Crippen LogP contribution < -0.4 is 4.74 Å². The lowest BCUT2D eigenvalue weighted by Crippen LogP contribution is -2.45. The van der Waals surface area contributed by atoms with E-state index in [2.05, 4.69) is 34.1 Å².